The number of hydrogen-bond acceptors (Lipinski definition) is 3. The van der Waals surface area contributed by atoms with Crippen LogP contribution in [0.3, 0.4) is 0 Å². The number of nitrogens with zero attached hydrogens (tertiary/aromatic N) is 1. The van der Waals surface area contributed by atoms with Gasteiger partial charge < -0.3 is 15.0 Å². The molecule has 0 aliphatic carbocycles. The first-order valence-electron chi connectivity index (χ1n) is 6.68. The normalized spacial score (nSPS) is 18.3. The molecule has 1 atom stereocenters. The van der Waals surface area contributed by atoms with E-state index < -0.39 is 6.61 Å². The maximum Gasteiger partial charge on any atom is 0.387 e. The van der Waals surface area contributed by atoms with Crippen LogP contribution in [0.2, 0.25) is 0 Å². The largest absolute Gasteiger partial charge is 0.435 e. The molecule has 1 aliphatic heterocycles. The molecule has 1 aliphatic rings. The van der Waals surface area contributed by atoms with Gasteiger partial charge in [-0.25, -0.2) is 0 Å². The minimum Gasteiger partial charge on any atom is -0.435 e. The van der Waals surface area contributed by atoms with Crippen molar-refractivity contribution >= 4 is 5.91 Å². The standard InChI is InChI=1S/C14H18F2N2O2/c1-2-18(11-6-7-17-9-11)13(19)10-4-3-5-12(8-10)20-14(15)16/h3-5,8,11,14,17H,2,6-7,9H2,1H3. The Hall–Kier alpha value is -1.69. The number of rotatable bonds is 5. The highest BCUT2D eigenvalue weighted by Gasteiger charge is 2.26. The zero-order valence-corrected chi connectivity index (χ0v) is 11.3. The molecule has 20 heavy (non-hydrogen) atoms. The summed E-state index contributed by atoms with van der Waals surface area (Å²) in [7, 11) is 0. The van der Waals surface area contributed by atoms with Crippen molar-refractivity contribution in [3.63, 3.8) is 0 Å². The van der Waals surface area contributed by atoms with Crippen molar-refractivity contribution in [1.29, 1.82) is 0 Å². The number of hydrogen-bond donors (Lipinski definition) is 1. The van der Waals surface area contributed by atoms with Crippen molar-refractivity contribution in [3.05, 3.63) is 29.8 Å². The van der Waals surface area contributed by atoms with E-state index in [1.807, 2.05) is 6.92 Å². The van der Waals surface area contributed by atoms with Gasteiger partial charge in [-0.3, -0.25) is 4.79 Å². The quantitative estimate of drug-likeness (QED) is 0.900. The zero-order chi connectivity index (χ0) is 14.5. The molecule has 110 valence electrons. The molecule has 1 unspecified atom stereocenters. The predicted octanol–water partition coefficient (Wildman–Crippen LogP) is 2.11. The lowest BCUT2D eigenvalue weighted by Gasteiger charge is -2.27. The molecule has 1 amide bonds. The number of benzene rings is 1. The van der Waals surface area contributed by atoms with Crippen molar-refractivity contribution in [2.75, 3.05) is 19.6 Å². The number of likely N-dealkylation sites (N-methyl/N-ethyl adjacent to an activating group) is 1. The first kappa shape index (κ1) is 14.7. The highest BCUT2D eigenvalue weighted by Crippen LogP contribution is 2.19. The van der Waals surface area contributed by atoms with Crippen LogP contribution in [0.4, 0.5) is 8.78 Å². The fourth-order valence-corrected chi connectivity index (χ4v) is 2.44. The Morgan fingerprint density at radius 2 is 2.35 bits per heavy atom. The summed E-state index contributed by atoms with van der Waals surface area (Å²) >= 11 is 0. The maximum absolute atomic E-state index is 12.5. The molecule has 0 aromatic heterocycles. The van der Waals surface area contributed by atoms with Gasteiger partial charge in [0.25, 0.3) is 5.91 Å². The molecule has 1 fully saturated rings. The Kier molecular flexibility index (Phi) is 4.89. The third-order valence-corrected chi connectivity index (χ3v) is 3.38. The molecule has 1 heterocycles. The lowest BCUT2D eigenvalue weighted by molar-refractivity contribution is -0.0499. The molecule has 0 saturated carbocycles. The van der Waals surface area contributed by atoms with E-state index >= 15 is 0 Å². The van der Waals surface area contributed by atoms with E-state index in [4.69, 9.17) is 0 Å². The van der Waals surface area contributed by atoms with E-state index in [1.54, 1.807) is 17.0 Å². The Bertz CT molecular complexity index is 462. The van der Waals surface area contributed by atoms with Crippen molar-refractivity contribution in [2.45, 2.75) is 26.0 Å². The minimum absolute atomic E-state index is 0.00597. The fraction of sp³-hybridized carbons (Fsp3) is 0.500. The van der Waals surface area contributed by atoms with Crippen LogP contribution in [0.1, 0.15) is 23.7 Å². The number of amides is 1. The summed E-state index contributed by atoms with van der Waals surface area (Å²) in [6.07, 6.45) is 0.910. The highest BCUT2D eigenvalue weighted by molar-refractivity contribution is 5.94. The zero-order valence-electron chi connectivity index (χ0n) is 11.3. The molecule has 0 spiro atoms. The van der Waals surface area contributed by atoms with Gasteiger partial charge in [-0.15, -0.1) is 0 Å². The molecule has 6 heteroatoms. The number of ether oxygens (including phenoxy) is 1. The van der Waals surface area contributed by atoms with Crippen LogP contribution in [-0.2, 0) is 0 Å². The van der Waals surface area contributed by atoms with Gasteiger partial charge in [-0.2, -0.15) is 8.78 Å². The Morgan fingerprint density at radius 1 is 1.55 bits per heavy atom. The average Bonchev–Trinajstić information content (AvgIpc) is 2.93. The molecule has 1 saturated heterocycles. The molecule has 1 aromatic carbocycles. The van der Waals surface area contributed by atoms with E-state index in [1.165, 1.54) is 12.1 Å². The van der Waals surface area contributed by atoms with Gasteiger partial charge in [-0.05, 0) is 38.1 Å². The van der Waals surface area contributed by atoms with Crippen LogP contribution in [0, 0.1) is 0 Å². The summed E-state index contributed by atoms with van der Waals surface area (Å²) in [6.45, 7) is 1.28. The predicted molar refractivity (Wildman–Crippen MR) is 71.1 cm³/mol. The summed E-state index contributed by atoms with van der Waals surface area (Å²) in [6, 6.07) is 6.10. The summed E-state index contributed by atoms with van der Waals surface area (Å²) in [5, 5.41) is 3.21. The van der Waals surface area contributed by atoms with Gasteiger partial charge >= 0.3 is 6.61 Å². The maximum atomic E-state index is 12.5. The topological polar surface area (TPSA) is 41.6 Å². The van der Waals surface area contributed by atoms with Gasteiger partial charge in [0.15, 0.2) is 0 Å². The second-order valence-electron chi connectivity index (χ2n) is 4.64. The summed E-state index contributed by atoms with van der Waals surface area (Å²) in [5.41, 5.74) is 0.372. The van der Waals surface area contributed by atoms with Gasteiger partial charge in [0.2, 0.25) is 0 Å². The molecule has 2 rings (SSSR count). The molecule has 4 nitrogen and oxygen atoms in total. The van der Waals surface area contributed by atoms with Crippen LogP contribution < -0.4 is 10.1 Å². The number of carbonyl (C=O) groups excluding carboxylic acids is 1. The van der Waals surface area contributed by atoms with Crippen molar-refractivity contribution < 1.29 is 18.3 Å². The van der Waals surface area contributed by atoms with E-state index in [0.717, 1.165) is 19.5 Å². The van der Waals surface area contributed by atoms with Crippen LogP contribution in [0.5, 0.6) is 5.75 Å². The second-order valence-corrected chi connectivity index (χ2v) is 4.64. The van der Waals surface area contributed by atoms with E-state index in [-0.39, 0.29) is 17.7 Å². The molecular formula is C14H18F2N2O2. The molecule has 0 bridgehead atoms. The third-order valence-electron chi connectivity index (χ3n) is 3.38. The van der Waals surface area contributed by atoms with Crippen molar-refractivity contribution in [3.8, 4) is 5.75 Å². The monoisotopic (exact) mass is 284 g/mol. The van der Waals surface area contributed by atoms with E-state index in [2.05, 4.69) is 10.1 Å². The fourth-order valence-electron chi connectivity index (χ4n) is 2.44. The third kappa shape index (κ3) is 3.45. The minimum atomic E-state index is -2.89. The average molecular weight is 284 g/mol. The van der Waals surface area contributed by atoms with Crippen LogP contribution in [0.15, 0.2) is 24.3 Å². The van der Waals surface area contributed by atoms with E-state index in [0.29, 0.717) is 12.1 Å². The van der Waals surface area contributed by atoms with Crippen molar-refractivity contribution in [1.82, 2.24) is 10.2 Å². The van der Waals surface area contributed by atoms with Crippen LogP contribution in [-0.4, -0.2) is 43.1 Å². The number of carbonyl (C=O) groups is 1. The summed E-state index contributed by atoms with van der Waals surface area (Å²) in [4.78, 5) is 14.2. The molecule has 1 aromatic rings. The SMILES string of the molecule is CCN(C(=O)c1cccc(OC(F)F)c1)C1CCNC1. The first-order valence-corrected chi connectivity index (χ1v) is 6.68. The second kappa shape index (κ2) is 6.65. The summed E-state index contributed by atoms with van der Waals surface area (Å²) < 4.78 is 28.7. The molecule has 0 radical (unpaired) electrons. The smallest absolute Gasteiger partial charge is 0.387 e. The van der Waals surface area contributed by atoms with Gasteiger partial charge in [-0.1, -0.05) is 6.07 Å². The van der Waals surface area contributed by atoms with Gasteiger partial charge in [0.1, 0.15) is 5.75 Å². The lowest BCUT2D eigenvalue weighted by Crippen LogP contribution is -2.41. The Morgan fingerprint density at radius 3 is 2.95 bits per heavy atom. The molecule has 1 N–H and O–H groups in total. The Balaban J connectivity index is 2.14. The number of nitrogens with one attached hydrogen (secondary N) is 1. The molecular weight excluding hydrogens is 266 g/mol. The van der Waals surface area contributed by atoms with Crippen LogP contribution in [0.25, 0.3) is 0 Å². The van der Waals surface area contributed by atoms with Crippen molar-refractivity contribution in [2.24, 2.45) is 0 Å². The van der Waals surface area contributed by atoms with Gasteiger partial charge in [0, 0.05) is 24.7 Å². The lowest BCUT2D eigenvalue weighted by atomic mass is 10.1. The summed E-state index contributed by atoms with van der Waals surface area (Å²) in [5.74, 6) is -0.146. The Labute approximate surface area is 116 Å². The first-order chi connectivity index (χ1) is 9.61. The van der Waals surface area contributed by atoms with E-state index in [9.17, 15) is 13.6 Å². The van der Waals surface area contributed by atoms with Crippen LogP contribution >= 0.6 is 0 Å². The van der Waals surface area contributed by atoms with Gasteiger partial charge in [0.05, 0.1) is 0 Å². The highest BCUT2D eigenvalue weighted by atomic mass is 19.3. The number of halogens is 2. The number of alkyl halides is 2.